The number of benzene rings is 3. The van der Waals surface area contributed by atoms with Gasteiger partial charge >= 0.3 is 0 Å². The Morgan fingerprint density at radius 3 is 2.24 bits per heavy atom. The molecular formula is C17H16. The maximum atomic E-state index is 2.27. The van der Waals surface area contributed by atoms with Gasteiger partial charge in [0.25, 0.3) is 0 Å². The van der Waals surface area contributed by atoms with Gasteiger partial charge in [0.1, 0.15) is 0 Å². The van der Waals surface area contributed by atoms with Crippen molar-refractivity contribution in [2.24, 2.45) is 0 Å². The highest BCUT2D eigenvalue weighted by molar-refractivity contribution is 6.11. The number of rotatable bonds is 1. The van der Waals surface area contributed by atoms with Crippen molar-refractivity contribution in [1.29, 1.82) is 0 Å². The van der Waals surface area contributed by atoms with Crippen LogP contribution in [0.5, 0.6) is 0 Å². The van der Waals surface area contributed by atoms with Crippen LogP contribution in [0.1, 0.15) is 19.4 Å². The van der Waals surface area contributed by atoms with Crippen molar-refractivity contribution >= 4 is 27.6 Å². The summed E-state index contributed by atoms with van der Waals surface area (Å²) >= 11 is 0. The smallest absolute Gasteiger partial charge is 0.00302 e. The van der Waals surface area contributed by atoms with Crippen LogP contribution in [0.4, 0.5) is 0 Å². The number of hydrogen-bond acceptors (Lipinski definition) is 0. The fourth-order valence-corrected chi connectivity index (χ4v) is 2.72. The molecule has 3 aromatic carbocycles. The molecule has 0 aliphatic heterocycles. The van der Waals surface area contributed by atoms with Gasteiger partial charge in [-0.3, -0.25) is 0 Å². The van der Waals surface area contributed by atoms with Gasteiger partial charge in [0, 0.05) is 0 Å². The van der Waals surface area contributed by atoms with E-state index in [1.54, 1.807) is 0 Å². The molecule has 0 aromatic heterocycles. The second-order valence-electron chi connectivity index (χ2n) is 4.48. The fraction of sp³-hybridized carbons (Fsp3) is 0.176. The van der Waals surface area contributed by atoms with E-state index in [4.69, 9.17) is 0 Å². The minimum absolute atomic E-state index is 1.09. The first-order valence-corrected chi connectivity index (χ1v) is 6.24. The van der Waals surface area contributed by atoms with Crippen LogP contribution in [-0.2, 0) is 6.42 Å². The SMILES string of the molecule is CC=c1ccc2cccc3ccc(CC)c1c32. The summed E-state index contributed by atoms with van der Waals surface area (Å²) in [6.45, 7) is 4.35. The Morgan fingerprint density at radius 1 is 0.882 bits per heavy atom. The van der Waals surface area contributed by atoms with Gasteiger partial charge in [-0.15, -0.1) is 0 Å². The second-order valence-corrected chi connectivity index (χ2v) is 4.48. The molecule has 3 aromatic rings. The lowest BCUT2D eigenvalue weighted by molar-refractivity contribution is 1.16. The average molecular weight is 220 g/mol. The quantitative estimate of drug-likeness (QED) is 0.580. The lowest BCUT2D eigenvalue weighted by Crippen LogP contribution is -2.04. The summed E-state index contributed by atoms with van der Waals surface area (Å²) in [5.41, 5.74) is 1.45. The Hall–Kier alpha value is -1.82. The van der Waals surface area contributed by atoms with Crippen molar-refractivity contribution in [3.8, 4) is 0 Å². The highest BCUT2D eigenvalue weighted by Gasteiger charge is 2.06. The number of hydrogen-bond donors (Lipinski definition) is 0. The van der Waals surface area contributed by atoms with Crippen molar-refractivity contribution in [3.05, 3.63) is 53.2 Å². The minimum Gasteiger partial charge on any atom is -0.0798 e. The van der Waals surface area contributed by atoms with Crippen LogP contribution in [0.2, 0.25) is 0 Å². The maximum absolute atomic E-state index is 2.27. The van der Waals surface area contributed by atoms with Gasteiger partial charge in [0.05, 0.1) is 0 Å². The Bertz CT molecular complexity index is 720. The summed E-state index contributed by atoms with van der Waals surface area (Å²) < 4.78 is 0. The van der Waals surface area contributed by atoms with Gasteiger partial charge in [0.15, 0.2) is 0 Å². The van der Waals surface area contributed by atoms with Crippen LogP contribution in [0.25, 0.3) is 27.6 Å². The molecule has 84 valence electrons. The molecule has 0 unspecified atom stereocenters. The lowest BCUT2D eigenvalue weighted by atomic mass is 9.94. The molecule has 0 heteroatoms. The summed E-state index contributed by atoms with van der Waals surface area (Å²) in [5.74, 6) is 0. The predicted octanol–water partition coefficient (Wildman–Crippen LogP) is 4.07. The molecule has 3 rings (SSSR count). The van der Waals surface area contributed by atoms with E-state index in [1.165, 1.54) is 32.3 Å². The Morgan fingerprint density at radius 2 is 1.59 bits per heavy atom. The molecule has 0 nitrogen and oxygen atoms in total. The normalized spacial score (nSPS) is 12.7. The zero-order valence-corrected chi connectivity index (χ0v) is 10.3. The predicted molar refractivity (Wildman–Crippen MR) is 76.2 cm³/mol. The Labute approximate surface area is 102 Å². The standard InChI is InChI=1S/C17H16/c1-3-12-8-10-14-6-5-7-15-11-9-13(4-2)16(12)17(14)15/h3,5-11H,4H2,1-2H3. The van der Waals surface area contributed by atoms with E-state index in [1.807, 2.05) is 0 Å². The Balaban J connectivity index is 2.69. The molecule has 0 fully saturated rings. The summed E-state index contributed by atoms with van der Waals surface area (Å²) in [5, 5.41) is 6.90. The zero-order valence-electron chi connectivity index (χ0n) is 10.3. The molecular weight excluding hydrogens is 204 g/mol. The summed E-state index contributed by atoms with van der Waals surface area (Å²) in [7, 11) is 0. The van der Waals surface area contributed by atoms with E-state index in [0.29, 0.717) is 0 Å². The van der Waals surface area contributed by atoms with Gasteiger partial charge in [0.2, 0.25) is 0 Å². The van der Waals surface area contributed by atoms with E-state index < -0.39 is 0 Å². The molecule has 0 spiro atoms. The molecule has 0 saturated carbocycles. The molecule has 0 N–H and O–H groups in total. The van der Waals surface area contributed by atoms with Crippen LogP contribution < -0.4 is 5.22 Å². The first-order valence-electron chi connectivity index (χ1n) is 6.24. The average Bonchev–Trinajstić information content (AvgIpc) is 2.40. The van der Waals surface area contributed by atoms with Crippen molar-refractivity contribution in [2.75, 3.05) is 0 Å². The van der Waals surface area contributed by atoms with E-state index >= 15 is 0 Å². The third kappa shape index (κ3) is 1.44. The van der Waals surface area contributed by atoms with Crippen LogP contribution in [0.3, 0.4) is 0 Å². The minimum atomic E-state index is 1.09. The molecule has 0 heterocycles. The molecule has 0 amide bonds. The summed E-state index contributed by atoms with van der Waals surface area (Å²) in [6.07, 6.45) is 3.30. The largest absolute Gasteiger partial charge is 0.0798 e. The zero-order chi connectivity index (χ0) is 11.8. The molecule has 0 saturated heterocycles. The maximum Gasteiger partial charge on any atom is -0.00302 e. The van der Waals surface area contributed by atoms with Gasteiger partial charge in [-0.2, -0.15) is 0 Å². The summed E-state index contributed by atoms with van der Waals surface area (Å²) in [6, 6.07) is 15.5. The molecule has 0 atom stereocenters. The van der Waals surface area contributed by atoms with Crippen molar-refractivity contribution in [3.63, 3.8) is 0 Å². The van der Waals surface area contributed by atoms with Crippen LogP contribution >= 0.6 is 0 Å². The van der Waals surface area contributed by atoms with E-state index in [2.05, 4.69) is 62.4 Å². The third-order valence-corrected chi connectivity index (χ3v) is 3.59. The second kappa shape index (κ2) is 3.89. The third-order valence-electron chi connectivity index (χ3n) is 3.59. The number of aryl methyl sites for hydroxylation is 1. The van der Waals surface area contributed by atoms with Gasteiger partial charge < -0.3 is 0 Å². The van der Waals surface area contributed by atoms with E-state index in [-0.39, 0.29) is 0 Å². The first-order chi connectivity index (χ1) is 8.35. The highest BCUT2D eigenvalue weighted by atomic mass is 14.1. The molecule has 0 aliphatic rings. The van der Waals surface area contributed by atoms with E-state index in [9.17, 15) is 0 Å². The molecule has 0 radical (unpaired) electrons. The fourth-order valence-electron chi connectivity index (χ4n) is 2.72. The Kier molecular flexibility index (Phi) is 2.36. The lowest BCUT2D eigenvalue weighted by Gasteiger charge is -2.10. The molecule has 0 bridgehead atoms. The van der Waals surface area contributed by atoms with Crippen LogP contribution in [0, 0.1) is 0 Å². The molecule has 17 heavy (non-hydrogen) atoms. The topological polar surface area (TPSA) is 0 Å². The van der Waals surface area contributed by atoms with Crippen molar-refractivity contribution in [1.82, 2.24) is 0 Å². The van der Waals surface area contributed by atoms with Gasteiger partial charge in [-0.25, -0.2) is 0 Å². The molecule has 0 aliphatic carbocycles. The van der Waals surface area contributed by atoms with Crippen molar-refractivity contribution in [2.45, 2.75) is 20.3 Å². The van der Waals surface area contributed by atoms with Crippen LogP contribution in [0.15, 0.2) is 42.5 Å². The van der Waals surface area contributed by atoms with Crippen LogP contribution in [-0.4, -0.2) is 0 Å². The first kappa shape index (κ1) is 10.3. The van der Waals surface area contributed by atoms with Gasteiger partial charge in [-0.05, 0) is 45.7 Å². The van der Waals surface area contributed by atoms with Gasteiger partial charge in [-0.1, -0.05) is 55.5 Å². The monoisotopic (exact) mass is 220 g/mol. The highest BCUT2D eigenvalue weighted by Crippen LogP contribution is 2.27. The van der Waals surface area contributed by atoms with E-state index in [0.717, 1.165) is 6.42 Å². The van der Waals surface area contributed by atoms with Crippen molar-refractivity contribution < 1.29 is 0 Å². The summed E-state index contributed by atoms with van der Waals surface area (Å²) in [4.78, 5) is 0.